The van der Waals surface area contributed by atoms with E-state index in [9.17, 15) is 8.42 Å². The Kier molecular flexibility index (Phi) is 4.72. The summed E-state index contributed by atoms with van der Waals surface area (Å²) in [7, 11) is -2.91. The average Bonchev–Trinajstić information content (AvgIpc) is 2.88. The van der Waals surface area contributed by atoms with E-state index in [1.165, 1.54) is 0 Å². The van der Waals surface area contributed by atoms with Crippen LogP contribution in [0.5, 0.6) is 0 Å². The SMILES string of the molecule is CCN(c1cc(C)nc(N2CCOCC2)n1)C1CCS(=O)(=O)C1. The number of aryl methyl sites for hydroxylation is 1. The number of rotatable bonds is 4. The Labute approximate surface area is 137 Å². The van der Waals surface area contributed by atoms with Crippen LogP contribution < -0.4 is 9.80 Å². The van der Waals surface area contributed by atoms with Crippen LogP contribution in [0.3, 0.4) is 0 Å². The summed E-state index contributed by atoms with van der Waals surface area (Å²) in [4.78, 5) is 13.5. The lowest BCUT2D eigenvalue weighted by atomic mass is 10.2. The minimum absolute atomic E-state index is 0.0110. The highest BCUT2D eigenvalue weighted by Crippen LogP contribution is 2.25. The fraction of sp³-hybridized carbons (Fsp3) is 0.733. The standard InChI is InChI=1S/C15H24N4O3S/c1-3-19(13-4-9-23(20,21)11-13)14-10-12(2)16-15(17-14)18-5-7-22-8-6-18/h10,13H,3-9,11H2,1-2H3. The average molecular weight is 340 g/mol. The molecule has 0 N–H and O–H groups in total. The van der Waals surface area contributed by atoms with Gasteiger partial charge in [-0.1, -0.05) is 0 Å². The van der Waals surface area contributed by atoms with Crippen molar-refractivity contribution in [3.8, 4) is 0 Å². The lowest BCUT2D eigenvalue weighted by Gasteiger charge is -2.31. The quantitative estimate of drug-likeness (QED) is 0.796. The lowest BCUT2D eigenvalue weighted by molar-refractivity contribution is 0.122. The predicted octanol–water partition coefficient (Wildman–Crippen LogP) is 0.635. The van der Waals surface area contributed by atoms with E-state index in [4.69, 9.17) is 9.72 Å². The van der Waals surface area contributed by atoms with Crippen molar-refractivity contribution in [3.05, 3.63) is 11.8 Å². The van der Waals surface area contributed by atoms with E-state index in [1.54, 1.807) is 0 Å². The van der Waals surface area contributed by atoms with Crippen molar-refractivity contribution >= 4 is 21.6 Å². The van der Waals surface area contributed by atoms with Crippen LogP contribution in [0, 0.1) is 6.92 Å². The van der Waals surface area contributed by atoms with Gasteiger partial charge in [-0.05, 0) is 20.3 Å². The second-order valence-corrected chi connectivity index (χ2v) is 8.34. The second-order valence-electron chi connectivity index (χ2n) is 6.11. The first-order valence-corrected chi connectivity index (χ1v) is 9.96. The minimum atomic E-state index is -2.91. The van der Waals surface area contributed by atoms with Gasteiger partial charge in [-0.2, -0.15) is 4.98 Å². The highest BCUT2D eigenvalue weighted by Gasteiger charge is 2.32. The smallest absolute Gasteiger partial charge is 0.227 e. The molecule has 8 heteroatoms. The molecule has 0 bridgehead atoms. The van der Waals surface area contributed by atoms with Gasteiger partial charge in [0, 0.05) is 37.4 Å². The van der Waals surface area contributed by atoms with E-state index in [-0.39, 0.29) is 17.5 Å². The number of anilines is 2. The van der Waals surface area contributed by atoms with E-state index in [0.29, 0.717) is 25.6 Å². The molecule has 23 heavy (non-hydrogen) atoms. The minimum Gasteiger partial charge on any atom is -0.378 e. The van der Waals surface area contributed by atoms with Crippen molar-refractivity contribution in [2.45, 2.75) is 26.3 Å². The molecule has 3 heterocycles. The van der Waals surface area contributed by atoms with Gasteiger partial charge in [0.05, 0.1) is 24.7 Å². The van der Waals surface area contributed by atoms with E-state index in [2.05, 4.69) is 14.8 Å². The molecular formula is C15H24N4O3S. The van der Waals surface area contributed by atoms with Crippen LogP contribution in [0.15, 0.2) is 6.07 Å². The van der Waals surface area contributed by atoms with Gasteiger partial charge in [0.1, 0.15) is 5.82 Å². The summed E-state index contributed by atoms with van der Waals surface area (Å²) in [5.74, 6) is 2.02. The van der Waals surface area contributed by atoms with Gasteiger partial charge in [-0.15, -0.1) is 0 Å². The topological polar surface area (TPSA) is 75.6 Å². The van der Waals surface area contributed by atoms with Crippen LogP contribution in [-0.2, 0) is 14.6 Å². The van der Waals surface area contributed by atoms with Gasteiger partial charge in [-0.3, -0.25) is 0 Å². The second kappa shape index (κ2) is 6.60. The first kappa shape index (κ1) is 16.4. The zero-order chi connectivity index (χ0) is 16.4. The molecule has 0 amide bonds. The summed E-state index contributed by atoms with van der Waals surface area (Å²) < 4.78 is 29.0. The molecule has 7 nitrogen and oxygen atoms in total. The molecule has 2 aliphatic heterocycles. The third-order valence-electron chi connectivity index (χ3n) is 4.41. The zero-order valence-electron chi connectivity index (χ0n) is 13.7. The molecule has 2 aliphatic rings. The molecule has 2 saturated heterocycles. The van der Waals surface area contributed by atoms with E-state index in [0.717, 1.165) is 31.1 Å². The van der Waals surface area contributed by atoms with Crippen LogP contribution in [0.25, 0.3) is 0 Å². The van der Waals surface area contributed by atoms with Gasteiger partial charge >= 0.3 is 0 Å². The summed E-state index contributed by atoms with van der Waals surface area (Å²) in [6.45, 7) is 7.67. The third-order valence-corrected chi connectivity index (χ3v) is 6.16. The number of ether oxygens (including phenoxy) is 1. The summed E-state index contributed by atoms with van der Waals surface area (Å²) in [6, 6.07) is 1.95. The van der Waals surface area contributed by atoms with E-state index in [1.807, 2.05) is 19.9 Å². The Morgan fingerprint density at radius 3 is 2.70 bits per heavy atom. The maximum absolute atomic E-state index is 11.8. The largest absolute Gasteiger partial charge is 0.378 e. The third kappa shape index (κ3) is 3.74. The first-order chi connectivity index (χ1) is 11.0. The van der Waals surface area contributed by atoms with Crippen LogP contribution in [0.2, 0.25) is 0 Å². The Morgan fingerprint density at radius 2 is 2.09 bits per heavy atom. The summed E-state index contributed by atoms with van der Waals surface area (Å²) in [5, 5.41) is 0. The molecule has 1 atom stereocenters. The summed E-state index contributed by atoms with van der Waals surface area (Å²) in [5.41, 5.74) is 0.899. The van der Waals surface area contributed by atoms with Crippen molar-refractivity contribution in [1.29, 1.82) is 0 Å². The van der Waals surface area contributed by atoms with Crippen molar-refractivity contribution in [2.75, 3.05) is 54.2 Å². The highest BCUT2D eigenvalue weighted by atomic mass is 32.2. The number of hydrogen-bond acceptors (Lipinski definition) is 7. The number of morpholine rings is 1. The molecular weight excluding hydrogens is 316 g/mol. The Balaban J connectivity index is 1.86. The molecule has 2 fully saturated rings. The molecule has 128 valence electrons. The Hall–Kier alpha value is -1.41. The van der Waals surface area contributed by atoms with Gasteiger partial charge < -0.3 is 14.5 Å². The van der Waals surface area contributed by atoms with Gasteiger partial charge in [0.15, 0.2) is 9.84 Å². The molecule has 0 saturated carbocycles. The monoisotopic (exact) mass is 340 g/mol. The van der Waals surface area contributed by atoms with Crippen LogP contribution in [0.1, 0.15) is 19.0 Å². The zero-order valence-corrected chi connectivity index (χ0v) is 14.5. The predicted molar refractivity (Wildman–Crippen MR) is 89.9 cm³/mol. The number of nitrogens with zero attached hydrogens (tertiary/aromatic N) is 4. The maximum atomic E-state index is 11.8. The Morgan fingerprint density at radius 1 is 1.35 bits per heavy atom. The van der Waals surface area contributed by atoms with Crippen molar-refractivity contribution in [1.82, 2.24) is 9.97 Å². The Bertz CT molecular complexity index is 659. The van der Waals surface area contributed by atoms with Crippen LogP contribution in [0.4, 0.5) is 11.8 Å². The summed E-state index contributed by atoms with van der Waals surface area (Å²) in [6.07, 6.45) is 0.673. The lowest BCUT2D eigenvalue weighted by Crippen LogP contribution is -2.39. The molecule has 0 aromatic carbocycles. The molecule has 1 unspecified atom stereocenters. The van der Waals surface area contributed by atoms with Crippen molar-refractivity contribution in [2.24, 2.45) is 0 Å². The first-order valence-electron chi connectivity index (χ1n) is 8.14. The number of aromatic nitrogens is 2. The fourth-order valence-electron chi connectivity index (χ4n) is 3.22. The molecule has 0 aliphatic carbocycles. The number of sulfone groups is 1. The highest BCUT2D eigenvalue weighted by molar-refractivity contribution is 7.91. The van der Waals surface area contributed by atoms with Gasteiger partial charge in [0.25, 0.3) is 0 Å². The normalized spacial score (nSPS) is 23.9. The van der Waals surface area contributed by atoms with Gasteiger partial charge in [-0.25, -0.2) is 13.4 Å². The molecule has 1 aromatic heterocycles. The van der Waals surface area contributed by atoms with Crippen molar-refractivity contribution in [3.63, 3.8) is 0 Å². The van der Waals surface area contributed by atoms with Crippen LogP contribution >= 0.6 is 0 Å². The number of hydrogen-bond donors (Lipinski definition) is 0. The molecule has 1 aromatic rings. The fourth-order valence-corrected chi connectivity index (χ4v) is 4.95. The van der Waals surface area contributed by atoms with Crippen LogP contribution in [-0.4, -0.2) is 68.8 Å². The molecule has 0 radical (unpaired) electrons. The van der Waals surface area contributed by atoms with E-state index >= 15 is 0 Å². The summed E-state index contributed by atoms with van der Waals surface area (Å²) >= 11 is 0. The maximum Gasteiger partial charge on any atom is 0.227 e. The van der Waals surface area contributed by atoms with E-state index < -0.39 is 9.84 Å². The van der Waals surface area contributed by atoms with Crippen molar-refractivity contribution < 1.29 is 13.2 Å². The molecule has 0 spiro atoms. The van der Waals surface area contributed by atoms with Gasteiger partial charge in [0.2, 0.25) is 5.95 Å². The molecule has 3 rings (SSSR count).